The van der Waals surface area contributed by atoms with Gasteiger partial charge in [0.05, 0.1) is 22.0 Å². The second kappa shape index (κ2) is 5.24. The first-order valence-corrected chi connectivity index (χ1v) is 5.67. The molecule has 0 aliphatic rings. The Hall–Kier alpha value is -2.14. The fourth-order valence-corrected chi connectivity index (χ4v) is 1.68. The summed E-state index contributed by atoms with van der Waals surface area (Å²) in [4.78, 5) is 11.9. The van der Waals surface area contributed by atoms with E-state index in [1.807, 2.05) is 0 Å². The number of carbonyl (C=O) groups is 1. The average molecular weight is 283 g/mol. The zero-order chi connectivity index (χ0) is 14.0. The van der Waals surface area contributed by atoms with Gasteiger partial charge in [0, 0.05) is 0 Å². The number of carbonyl (C=O) groups excluding carboxylic acids is 1. The fraction of sp³-hybridized carbons (Fsp3) is 0. The fourth-order valence-electron chi connectivity index (χ4n) is 1.51. The molecule has 0 saturated carbocycles. The quantitative estimate of drug-likeness (QED) is 0.829. The Morgan fingerprint density at radius 2 is 1.95 bits per heavy atom. The van der Waals surface area contributed by atoms with E-state index >= 15 is 0 Å². The van der Waals surface area contributed by atoms with Crippen molar-refractivity contribution in [2.24, 2.45) is 0 Å². The van der Waals surface area contributed by atoms with Crippen LogP contribution < -0.4 is 11.1 Å². The maximum absolute atomic E-state index is 13.6. The lowest BCUT2D eigenvalue weighted by molar-refractivity contribution is 0.102. The average Bonchev–Trinajstić information content (AvgIpc) is 2.37. The maximum atomic E-state index is 13.6. The summed E-state index contributed by atoms with van der Waals surface area (Å²) < 4.78 is 26.7. The van der Waals surface area contributed by atoms with Gasteiger partial charge in [-0.15, -0.1) is 0 Å². The monoisotopic (exact) mass is 282 g/mol. The van der Waals surface area contributed by atoms with Crippen LogP contribution in [0.2, 0.25) is 5.02 Å². The molecule has 0 spiro atoms. The minimum absolute atomic E-state index is 0.0735. The van der Waals surface area contributed by atoms with E-state index < -0.39 is 17.5 Å². The van der Waals surface area contributed by atoms with Crippen LogP contribution in [0, 0.1) is 11.6 Å². The Labute approximate surface area is 113 Å². The van der Waals surface area contributed by atoms with E-state index in [1.165, 1.54) is 24.3 Å². The summed E-state index contributed by atoms with van der Waals surface area (Å²) in [6, 6.07) is 7.55. The summed E-state index contributed by atoms with van der Waals surface area (Å²) in [7, 11) is 0. The first-order chi connectivity index (χ1) is 8.99. The molecule has 0 fully saturated rings. The molecule has 0 bridgehead atoms. The van der Waals surface area contributed by atoms with Crippen LogP contribution in [0.5, 0.6) is 0 Å². The Kier molecular flexibility index (Phi) is 3.66. The highest BCUT2D eigenvalue weighted by molar-refractivity contribution is 6.31. The van der Waals surface area contributed by atoms with Crippen molar-refractivity contribution >= 4 is 28.9 Å². The molecule has 19 heavy (non-hydrogen) atoms. The zero-order valence-corrected chi connectivity index (χ0v) is 10.3. The largest absolute Gasteiger partial charge is 0.397 e. The summed E-state index contributed by atoms with van der Waals surface area (Å²) in [5.41, 5.74) is 5.59. The number of halogens is 3. The first-order valence-electron chi connectivity index (χ1n) is 5.29. The molecule has 2 aromatic carbocycles. The van der Waals surface area contributed by atoms with Crippen molar-refractivity contribution in [3.63, 3.8) is 0 Å². The number of anilines is 2. The summed E-state index contributed by atoms with van der Waals surface area (Å²) in [6.07, 6.45) is 0. The van der Waals surface area contributed by atoms with Gasteiger partial charge < -0.3 is 11.1 Å². The van der Waals surface area contributed by atoms with Crippen molar-refractivity contribution < 1.29 is 13.6 Å². The first kappa shape index (κ1) is 13.3. The minimum atomic E-state index is -0.836. The molecular formula is C13H9ClF2N2O. The molecule has 98 valence electrons. The molecule has 3 N–H and O–H groups in total. The smallest absolute Gasteiger partial charge is 0.258 e. The van der Waals surface area contributed by atoms with Gasteiger partial charge in [0.15, 0.2) is 5.82 Å². The highest BCUT2D eigenvalue weighted by atomic mass is 35.5. The van der Waals surface area contributed by atoms with E-state index in [2.05, 4.69) is 5.32 Å². The maximum Gasteiger partial charge on any atom is 0.258 e. The standard InChI is InChI=1S/C13H9ClF2N2O/c14-9-3-1-2-8(12(9)16)13(19)18-11-6-7(15)4-5-10(11)17/h1-6H,17H2,(H,18,19). The molecule has 0 aliphatic heterocycles. The van der Waals surface area contributed by atoms with Crippen molar-refractivity contribution in [1.29, 1.82) is 0 Å². The van der Waals surface area contributed by atoms with E-state index in [-0.39, 0.29) is 22.0 Å². The van der Waals surface area contributed by atoms with Crippen LogP contribution in [0.4, 0.5) is 20.2 Å². The topological polar surface area (TPSA) is 55.1 Å². The van der Waals surface area contributed by atoms with Gasteiger partial charge in [0.25, 0.3) is 5.91 Å². The summed E-state index contributed by atoms with van der Waals surface area (Å²) in [5.74, 6) is -2.15. The number of hydrogen-bond donors (Lipinski definition) is 2. The molecule has 0 radical (unpaired) electrons. The van der Waals surface area contributed by atoms with Crippen LogP contribution in [0.25, 0.3) is 0 Å². The predicted molar refractivity (Wildman–Crippen MR) is 70.2 cm³/mol. The van der Waals surface area contributed by atoms with Gasteiger partial charge in [-0.05, 0) is 30.3 Å². The molecule has 0 aliphatic carbocycles. The van der Waals surface area contributed by atoms with Crippen molar-refractivity contribution in [1.82, 2.24) is 0 Å². The Balaban J connectivity index is 2.31. The number of amides is 1. The number of benzene rings is 2. The van der Waals surface area contributed by atoms with Gasteiger partial charge in [0.1, 0.15) is 5.82 Å². The van der Waals surface area contributed by atoms with Gasteiger partial charge in [0.2, 0.25) is 0 Å². The highest BCUT2D eigenvalue weighted by Gasteiger charge is 2.15. The number of nitrogens with one attached hydrogen (secondary N) is 1. The van der Waals surface area contributed by atoms with Gasteiger partial charge in [-0.3, -0.25) is 4.79 Å². The lowest BCUT2D eigenvalue weighted by Gasteiger charge is -2.09. The van der Waals surface area contributed by atoms with Crippen LogP contribution >= 0.6 is 11.6 Å². The Bertz CT molecular complexity index is 647. The van der Waals surface area contributed by atoms with Crippen LogP contribution in [0.1, 0.15) is 10.4 Å². The van der Waals surface area contributed by atoms with Crippen molar-refractivity contribution in [3.8, 4) is 0 Å². The SMILES string of the molecule is Nc1ccc(F)cc1NC(=O)c1cccc(Cl)c1F. The second-order valence-electron chi connectivity index (χ2n) is 3.79. The van der Waals surface area contributed by atoms with Crippen molar-refractivity contribution in [2.45, 2.75) is 0 Å². The summed E-state index contributed by atoms with van der Waals surface area (Å²) in [6.45, 7) is 0. The summed E-state index contributed by atoms with van der Waals surface area (Å²) in [5, 5.41) is 2.17. The summed E-state index contributed by atoms with van der Waals surface area (Å²) >= 11 is 5.58. The number of hydrogen-bond acceptors (Lipinski definition) is 2. The van der Waals surface area contributed by atoms with Crippen LogP contribution in [-0.2, 0) is 0 Å². The molecule has 2 aromatic rings. The number of nitrogen functional groups attached to an aromatic ring is 1. The van der Waals surface area contributed by atoms with E-state index in [4.69, 9.17) is 17.3 Å². The van der Waals surface area contributed by atoms with Gasteiger partial charge in [-0.2, -0.15) is 0 Å². The van der Waals surface area contributed by atoms with Gasteiger partial charge >= 0.3 is 0 Å². The highest BCUT2D eigenvalue weighted by Crippen LogP contribution is 2.22. The predicted octanol–water partition coefficient (Wildman–Crippen LogP) is 3.45. The van der Waals surface area contributed by atoms with Crippen LogP contribution in [-0.4, -0.2) is 5.91 Å². The van der Waals surface area contributed by atoms with Crippen LogP contribution in [0.15, 0.2) is 36.4 Å². The Morgan fingerprint density at radius 3 is 2.68 bits per heavy atom. The van der Waals surface area contributed by atoms with E-state index in [0.29, 0.717) is 0 Å². The molecule has 0 atom stereocenters. The lowest BCUT2D eigenvalue weighted by Crippen LogP contribution is -2.15. The molecule has 0 unspecified atom stereocenters. The molecule has 0 heterocycles. The number of rotatable bonds is 2. The molecule has 0 aromatic heterocycles. The Morgan fingerprint density at radius 1 is 1.21 bits per heavy atom. The molecular weight excluding hydrogens is 274 g/mol. The third-order valence-electron chi connectivity index (χ3n) is 2.46. The third kappa shape index (κ3) is 2.82. The molecule has 0 saturated heterocycles. The number of nitrogens with two attached hydrogens (primary N) is 1. The zero-order valence-electron chi connectivity index (χ0n) is 9.58. The van der Waals surface area contributed by atoms with E-state index in [9.17, 15) is 13.6 Å². The van der Waals surface area contributed by atoms with E-state index in [0.717, 1.165) is 12.1 Å². The lowest BCUT2D eigenvalue weighted by atomic mass is 10.2. The second-order valence-corrected chi connectivity index (χ2v) is 4.19. The molecule has 6 heteroatoms. The normalized spacial score (nSPS) is 10.3. The molecule has 3 nitrogen and oxygen atoms in total. The van der Waals surface area contributed by atoms with Crippen molar-refractivity contribution in [3.05, 3.63) is 58.6 Å². The van der Waals surface area contributed by atoms with Crippen LogP contribution in [0.3, 0.4) is 0 Å². The van der Waals surface area contributed by atoms with Gasteiger partial charge in [-0.25, -0.2) is 8.78 Å². The molecule has 1 amide bonds. The third-order valence-corrected chi connectivity index (χ3v) is 2.75. The van der Waals surface area contributed by atoms with Gasteiger partial charge in [-0.1, -0.05) is 17.7 Å². The molecule has 2 rings (SSSR count). The van der Waals surface area contributed by atoms with Crippen molar-refractivity contribution in [2.75, 3.05) is 11.1 Å². The van der Waals surface area contributed by atoms with E-state index in [1.54, 1.807) is 0 Å². The minimum Gasteiger partial charge on any atom is -0.397 e.